The summed E-state index contributed by atoms with van der Waals surface area (Å²) in [5.41, 5.74) is 0. The predicted molar refractivity (Wildman–Crippen MR) is 46.5 cm³/mol. The molecule has 0 saturated carbocycles. The van der Waals surface area contributed by atoms with Crippen LogP contribution >= 0.6 is 0 Å². The van der Waals surface area contributed by atoms with E-state index in [0.29, 0.717) is 0 Å². The molecule has 0 bridgehead atoms. The molecule has 0 radical (unpaired) electrons. The second-order valence-corrected chi connectivity index (χ2v) is 3.20. The van der Waals surface area contributed by atoms with Gasteiger partial charge >= 0.3 is 0 Å². The molecule has 0 aromatic rings. The number of hydrogen-bond acceptors (Lipinski definition) is 2. The van der Waals surface area contributed by atoms with Crippen molar-refractivity contribution in [2.24, 2.45) is 0 Å². The number of hydrogen-bond donors (Lipinski definition) is 0. The second-order valence-electron chi connectivity index (χ2n) is 3.20. The Bertz CT molecular complexity index is 99.7. The zero-order chi connectivity index (χ0) is 8.10. The van der Waals surface area contributed by atoms with Gasteiger partial charge in [0, 0.05) is 12.6 Å². The van der Waals surface area contributed by atoms with E-state index >= 15 is 0 Å². The molecule has 0 N–H and O–H groups in total. The summed E-state index contributed by atoms with van der Waals surface area (Å²) in [6.45, 7) is 7.44. The van der Waals surface area contributed by atoms with Crippen molar-refractivity contribution in [3.05, 3.63) is 0 Å². The van der Waals surface area contributed by atoms with Crippen LogP contribution in [-0.4, -0.2) is 30.8 Å². The summed E-state index contributed by atoms with van der Waals surface area (Å²) < 4.78 is 5.31. The number of nitrogens with zero attached hydrogens (tertiary/aromatic N) is 1. The Morgan fingerprint density at radius 3 is 2.73 bits per heavy atom. The molecule has 1 unspecified atom stereocenters. The molecule has 0 aromatic carbocycles. The summed E-state index contributed by atoms with van der Waals surface area (Å²) in [4.78, 5) is 2.45. The average molecular weight is 157 g/mol. The van der Waals surface area contributed by atoms with Crippen LogP contribution in [0.3, 0.4) is 0 Å². The Hall–Kier alpha value is -0.0800. The molecular weight excluding hydrogens is 138 g/mol. The van der Waals surface area contributed by atoms with Gasteiger partial charge in [-0.1, -0.05) is 20.3 Å². The fourth-order valence-corrected chi connectivity index (χ4v) is 1.69. The lowest BCUT2D eigenvalue weighted by Gasteiger charge is -2.24. The van der Waals surface area contributed by atoms with Crippen molar-refractivity contribution in [3.8, 4) is 0 Å². The van der Waals surface area contributed by atoms with E-state index in [9.17, 15) is 0 Å². The van der Waals surface area contributed by atoms with Crippen molar-refractivity contribution in [1.29, 1.82) is 0 Å². The van der Waals surface area contributed by atoms with Gasteiger partial charge in [0.15, 0.2) is 0 Å². The Labute approximate surface area is 69.5 Å². The third-order valence-electron chi connectivity index (χ3n) is 2.39. The second kappa shape index (κ2) is 4.73. The fourth-order valence-electron chi connectivity index (χ4n) is 1.69. The van der Waals surface area contributed by atoms with Gasteiger partial charge in [-0.3, -0.25) is 4.90 Å². The lowest BCUT2D eigenvalue weighted by atomic mass is 10.1. The SMILES string of the molecule is CCCC(CC)N1CCOC1. The van der Waals surface area contributed by atoms with Gasteiger partial charge in [-0.2, -0.15) is 0 Å². The first kappa shape index (κ1) is 9.01. The minimum atomic E-state index is 0.766. The molecule has 2 heteroatoms. The van der Waals surface area contributed by atoms with Crippen LogP contribution in [0.15, 0.2) is 0 Å². The molecule has 11 heavy (non-hydrogen) atoms. The molecule has 0 aliphatic carbocycles. The van der Waals surface area contributed by atoms with Gasteiger partial charge in [-0.05, 0) is 12.8 Å². The van der Waals surface area contributed by atoms with E-state index in [2.05, 4.69) is 18.7 Å². The van der Waals surface area contributed by atoms with E-state index in [-0.39, 0.29) is 0 Å². The smallest absolute Gasteiger partial charge is 0.0994 e. The first-order chi connectivity index (χ1) is 5.38. The molecule has 1 heterocycles. The number of ether oxygens (including phenoxy) is 1. The molecule has 1 fully saturated rings. The Morgan fingerprint density at radius 1 is 1.45 bits per heavy atom. The summed E-state index contributed by atoms with van der Waals surface area (Å²) in [6, 6.07) is 0.766. The first-order valence-corrected chi connectivity index (χ1v) is 4.70. The minimum absolute atomic E-state index is 0.766. The lowest BCUT2D eigenvalue weighted by Crippen LogP contribution is -2.32. The van der Waals surface area contributed by atoms with E-state index < -0.39 is 0 Å². The molecule has 1 atom stereocenters. The molecule has 0 spiro atoms. The van der Waals surface area contributed by atoms with Crippen LogP contribution in [0, 0.1) is 0 Å². The third kappa shape index (κ3) is 2.46. The monoisotopic (exact) mass is 157 g/mol. The zero-order valence-corrected chi connectivity index (χ0v) is 7.68. The molecule has 1 saturated heterocycles. The highest BCUT2D eigenvalue weighted by atomic mass is 16.5. The van der Waals surface area contributed by atoms with Crippen LogP contribution in [0.5, 0.6) is 0 Å². The Balaban J connectivity index is 2.27. The summed E-state index contributed by atoms with van der Waals surface area (Å²) in [5.74, 6) is 0. The largest absolute Gasteiger partial charge is 0.365 e. The van der Waals surface area contributed by atoms with Crippen LogP contribution in [0.4, 0.5) is 0 Å². The highest BCUT2D eigenvalue weighted by molar-refractivity contribution is 4.70. The van der Waals surface area contributed by atoms with Crippen LogP contribution in [0.2, 0.25) is 0 Å². The maximum absolute atomic E-state index is 5.31. The summed E-state index contributed by atoms with van der Waals surface area (Å²) >= 11 is 0. The molecule has 66 valence electrons. The van der Waals surface area contributed by atoms with Crippen molar-refractivity contribution < 1.29 is 4.74 Å². The van der Waals surface area contributed by atoms with Crippen molar-refractivity contribution in [2.75, 3.05) is 19.9 Å². The average Bonchev–Trinajstić information content (AvgIpc) is 2.52. The van der Waals surface area contributed by atoms with Gasteiger partial charge in [0.25, 0.3) is 0 Å². The molecule has 0 aromatic heterocycles. The van der Waals surface area contributed by atoms with Crippen LogP contribution in [0.1, 0.15) is 33.1 Å². The van der Waals surface area contributed by atoms with Crippen molar-refractivity contribution in [1.82, 2.24) is 4.90 Å². The van der Waals surface area contributed by atoms with Gasteiger partial charge in [0.2, 0.25) is 0 Å². The zero-order valence-electron chi connectivity index (χ0n) is 7.68. The van der Waals surface area contributed by atoms with Gasteiger partial charge in [-0.25, -0.2) is 0 Å². The van der Waals surface area contributed by atoms with Crippen LogP contribution in [-0.2, 0) is 4.74 Å². The van der Waals surface area contributed by atoms with E-state index in [1.807, 2.05) is 0 Å². The first-order valence-electron chi connectivity index (χ1n) is 4.70. The summed E-state index contributed by atoms with van der Waals surface area (Å²) in [6.07, 6.45) is 3.87. The van der Waals surface area contributed by atoms with Crippen LogP contribution in [0.25, 0.3) is 0 Å². The quantitative estimate of drug-likeness (QED) is 0.617. The maximum atomic E-state index is 5.31. The van der Waals surface area contributed by atoms with E-state index in [1.54, 1.807) is 0 Å². The summed E-state index contributed by atoms with van der Waals surface area (Å²) in [7, 11) is 0. The predicted octanol–water partition coefficient (Wildman–Crippen LogP) is 1.85. The van der Waals surface area contributed by atoms with Gasteiger partial charge in [0.1, 0.15) is 0 Å². The highest BCUT2D eigenvalue weighted by Crippen LogP contribution is 2.13. The minimum Gasteiger partial charge on any atom is -0.365 e. The van der Waals surface area contributed by atoms with E-state index in [1.165, 1.54) is 19.3 Å². The molecule has 2 nitrogen and oxygen atoms in total. The molecule has 1 aliphatic heterocycles. The van der Waals surface area contributed by atoms with Gasteiger partial charge < -0.3 is 4.74 Å². The van der Waals surface area contributed by atoms with E-state index in [0.717, 1.165) is 25.9 Å². The maximum Gasteiger partial charge on any atom is 0.0994 e. The highest BCUT2D eigenvalue weighted by Gasteiger charge is 2.19. The Morgan fingerprint density at radius 2 is 2.27 bits per heavy atom. The van der Waals surface area contributed by atoms with Gasteiger partial charge in [0.05, 0.1) is 13.3 Å². The molecular formula is C9H19NO. The fraction of sp³-hybridized carbons (Fsp3) is 1.00. The van der Waals surface area contributed by atoms with Crippen LogP contribution < -0.4 is 0 Å². The topological polar surface area (TPSA) is 12.5 Å². The van der Waals surface area contributed by atoms with Crippen molar-refractivity contribution in [2.45, 2.75) is 39.2 Å². The molecule has 0 amide bonds. The number of rotatable bonds is 4. The lowest BCUT2D eigenvalue weighted by molar-refractivity contribution is 0.109. The molecule has 1 aliphatic rings. The standard InChI is InChI=1S/C9H19NO/c1-3-5-9(4-2)10-6-7-11-8-10/h9H,3-8H2,1-2H3. The summed E-state index contributed by atoms with van der Waals surface area (Å²) in [5, 5.41) is 0. The van der Waals surface area contributed by atoms with Crippen molar-refractivity contribution in [3.63, 3.8) is 0 Å². The van der Waals surface area contributed by atoms with E-state index in [4.69, 9.17) is 4.74 Å². The normalized spacial score (nSPS) is 22.4. The Kier molecular flexibility index (Phi) is 3.87. The molecule has 1 rings (SSSR count). The van der Waals surface area contributed by atoms with Crippen molar-refractivity contribution >= 4 is 0 Å². The third-order valence-corrected chi connectivity index (χ3v) is 2.39. The van der Waals surface area contributed by atoms with Gasteiger partial charge in [-0.15, -0.1) is 0 Å².